The van der Waals surface area contributed by atoms with Crippen molar-refractivity contribution in [2.45, 2.75) is 19.8 Å². The van der Waals surface area contributed by atoms with Gasteiger partial charge in [-0.15, -0.1) is 11.3 Å². The smallest absolute Gasteiger partial charge is 0.347 e. The van der Waals surface area contributed by atoms with Gasteiger partial charge in [-0.1, -0.05) is 13.3 Å². The molecule has 112 valence electrons. The Morgan fingerprint density at radius 1 is 1.24 bits per heavy atom. The van der Waals surface area contributed by atoms with E-state index >= 15 is 0 Å². The van der Waals surface area contributed by atoms with E-state index in [1.54, 1.807) is 20.3 Å². The highest BCUT2D eigenvalue weighted by Gasteiger charge is 2.18. The van der Waals surface area contributed by atoms with Crippen molar-refractivity contribution in [3.63, 3.8) is 0 Å². The number of aryl methyl sites for hydroxylation is 1. The molecule has 1 heterocycles. The SMILES string of the molecule is CCCc1nc(-c2cc(OC)cc(OC)c2)sc1C(=O)O. The van der Waals surface area contributed by atoms with Gasteiger partial charge in [0.15, 0.2) is 0 Å². The van der Waals surface area contributed by atoms with Crippen LogP contribution < -0.4 is 9.47 Å². The number of aromatic carboxylic acids is 1. The zero-order valence-electron chi connectivity index (χ0n) is 12.2. The predicted octanol–water partition coefficient (Wildman–Crippen LogP) is 3.48. The molecule has 6 heteroatoms. The molecule has 0 aliphatic rings. The Morgan fingerprint density at radius 2 is 1.86 bits per heavy atom. The van der Waals surface area contributed by atoms with Gasteiger partial charge in [-0.2, -0.15) is 0 Å². The maximum atomic E-state index is 11.3. The van der Waals surface area contributed by atoms with Crippen LogP contribution in [-0.2, 0) is 6.42 Å². The number of hydrogen-bond acceptors (Lipinski definition) is 5. The van der Waals surface area contributed by atoms with E-state index in [2.05, 4.69) is 4.98 Å². The maximum Gasteiger partial charge on any atom is 0.347 e. The van der Waals surface area contributed by atoms with Gasteiger partial charge in [0.05, 0.1) is 19.9 Å². The minimum Gasteiger partial charge on any atom is -0.497 e. The topological polar surface area (TPSA) is 68.7 Å². The Morgan fingerprint density at radius 3 is 2.33 bits per heavy atom. The van der Waals surface area contributed by atoms with Crippen LogP contribution in [0.2, 0.25) is 0 Å². The molecule has 21 heavy (non-hydrogen) atoms. The van der Waals surface area contributed by atoms with E-state index in [1.807, 2.05) is 19.1 Å². The average Bonchev–Trinajstić information content (AvgIpc) is 2.91. The fourth-order valence-corrected chi connectivity index (χ4v) is 2.92. The second-order valence-corrected chi connectivity index (χ2v) is 5.45. The van der Waals surface area contributed by atoms with Crippen LogP contribution in [0.5, 0.6) is 11.5 Å². The number of benzene rings is 1. The summed E-state index contributed by atoms with van der Waals surface area (Å²) in [5, 5.41) is 9.94. The molecule has 0 unspecified atom stereocenters. The second kappa shape index (κ2) is 6.58. The van der Waals surface area contributed by atoms with Gasteiger partial charge in [0.25, 0.3) is 0 Å². The lowest BCUT2D eigenvalue weighted by Gasteiger charge is -2.06. The molecular weight excluding hydrogens is 290 g/mol. The molecule has 1 aromatic carbocycles. The quantitative estimate of drug-likeness (QED) is 0.885. The van der Waals surface area contributed by atoms with Crippen LogP contribution >= 0.6 is 11.3 Å². The number of carboxylic acid groups (broad SMARTS) is 1. The van der Waals surface area contributed by atoms with Gasteiger partial charge in [-0.3, -0.25) is 0 Å². The molecule has 0 atom stereocenters. The van der Waals surface area contributed by atoms with E-state index in [9.17, 15) is 9.90 Å². The zero-order chi connectivity index (χ0) is 15.4. The van der Waals surface area contributed by atoms with Crippen molar-refractivity contribution in [3.05, 3.63) is 28.8 Å². The third-order valence-electron chi connectivity index (χ3n) is 2.98. The van der Waals surface area contributed by atoms with E-state index in [1.165, 1.54) is 11.3 Å². The van der Waals surface area contributed by atoms with E-state index < -0.39 is 5.97 Å². The highest BCUT2D eigenvalue weighted by Crippen LogP contribution is 2.34. The van der Waals surface area contributed by atoms with Gasteiger partial charge in [0, 0.05) is 11.6 Å². The van der Waals surface area contributed by atoms with Gasteiger partial charge >= 0.3 is 5.97 Å². The predicted molar refractivity (Wildman–Crippen MR) is 81.6 cm³/mol. The summed E-state index contributed by atoms with van der Waals surface area (Å²) in [6, 6.07) is 5.41. The van der Waals surface area contributed by atoms with Crippen LogP contribution in [0.4, 0.5) is 0 Å². The number of aromatic nitrogens is 1. The molecule has 0 saturated heterocycles. The van der Waals surface area contributed by atoms with Crippen LogP contribution in [0.1, 0.15) is 28.7 Å². The molecule has 1 N–H and O–H groups in total. The van der Waals surface area contributed by atoms with Crippen LogP contribution in [-0.4, -0.2) is 30.3 Å². The van der Waals surface area contributed by atoms with E-state index in [-0.39, 0.29) is 0 Å². The molecular formula is C15H17NO4S. The first-order chi connectivity index (χ1) is 10.1. The molecule has 2 rings (SSSR count). The third kappa shape index (κ3) is 3.33. The number of carboxylic acids is 1. The Kier molecular flexibility index (Phi) is 4.80. The minimum atomic E-state index is -0.933. The number of rotatable bonds is 6. The van der Waals surface area contributed by atoms with Crippen molar-refractivity contribution in [2.75, 3.05) is 14.2 Å². The molecule has 0 amide bonds. The summed E-state index contributed by atoms with van der Waals surface area (Å²) in [6.45, 7) is 2.00. The molecule has 0 aliphatic heterocycles. The Balaban J connectivity index is 2.50. The summed E-state index contributed by atoms with van der Waals surface area (Å²) in [7, 11) is 3.15. The van der Waals surface area contributed by atoms with Gasteiger partial charge < -0.3 is 14.6 Å². The first-order valence-electron chi connectivity index (χ1n) is 6.55. The number of hydrogen-bond donors (Lipinski definition) is 1. The normalized spacial score (nSPS) is 10.4. The Hall–Kier alpha value is -2.08. The van der Waals surface area contributed by atoms with Crippen LogP contribution in [0, 0.1) is 0 Å². The van der Waals surface area contributed by atoms with Crippen molar-refractivity contribution < 1.29 is 19.4 Å². The summed E-state index contributed by atoms with van der Waals surface area (Å²) < 4.78 is 10.5. The molecule has 0 radical (unpaired) electrons. The summed E-state index contributed by atoms with van der Waals surface area (Å²) in [4.78, 5) is 16.1. The lowest BCUT2D eigenvalue weighted by molar-refractivity contribution is 0.0700. The number of nitrogens with zero attached hydrogens (tertiary/aromatic N) is 1. The largest absolute Gasteiger partial charge is 0.497 e. The molecule has 5 nitrogen and oxygen atoms in total. The molecule has 0 bridgehead atoms. The highest BCUT2D eigenvalue weighted by molar-refractivity contribution is 7.17. The number of ether oxygens (including phenoxy) is 2. The number of thiazole rings is 1. The summed E-state index contributed by atoms with van der Waals surface area (Å²) >= 11 is 1.18. The van der Waals surface area contributed by atoms with Crippen molar-refractivity contribution >= 4 is 17.3 Å². The first-order valence-corrected chi connectivity index (χ1v) is 7.37. The second-order valence-electron chi connectivity index (χ2n) is 4.45. The number of methoxy groups -OCH3 is 2. The van der Waals surface area contributed by atoms with E-state index in [4.69, 9.17) is 9.47 Å². The highest BCUT2D eigenvalue weighted by atomic mass is 32.1. The van der Waals surface area contributed by atoms with Crippen molar-refractivity contribution in [1.82, 2.24) is 4.98 Å². The first kappa shape index (κ1) is 15.3. The third-order valence-corrected chi connectivity index (χ3v) is 4.11. The van der Waals surface area contributed by atoms with Crippen LogP contribution in [0.3, 0.4) is 0 Å². The van der Waals surface area contributed by atoms with E-state index in [0.717, 1.165) is 12.0 Å². The van der Waals surface area contributed by atoms with Crippen molar-refractivity contribution in [2.24, 2.45) is 0 Å². The van der Waals surface area contributed by atoms with Crippen LogP contribution in [0.15, 0.2) is 18.2 Å². The van der Waals surface area contributed by atoms with E-state index in [0.29, 0.717) is 33.5 Å². The summed E-state index contributed by atoms with van der Waals surface area (Å²) in [6.07, 6.45) is 1.50. The van der Waals surface area contributed by atoms with Crippen molar-refractivity contribution in [3.8, 4) is 22.1 Å². The Bertz CT molecular complexity index is 629. The van der Waals surface area contributed by atoms with Gasteiger partial charge in [0.1, 0.15) is 21.4 Å². The molecule has 0 saturated carbocycles. The Labute approximate surface area is 127 Å². The zero-order valence-corrected chi connectivity index (χ0v) is 13.0. The van der Waals surface area contributed by atoms with Crippen LogP contribution in [0.25, 0.3) is 10.6 Å². The molecule has 0 fully saturated rings. The lowest BCUT2D eigenvalue weighted by Crippen LogP contribution is -1.98. The summed E-state index contributed by atoms with van der Waals surface area (Å²) in [5.74, 6) is 0.360. The number of carbonyl (C=O) groups is 1. The van der Waals surface area contributed by atoms with Gasteiger partial charge in [-0.05, 0) is 18.6 Å². The molecule has 2 aromatic rings. The standard InChI is InChI=1S/C15H17NO4S/c1-4-5-12-13(15(17)18)21-14(16-12)9-6-10(19-2)8-11(7-9)20-3/h6-8H,4-5H2,1-3H3,(H,17,18). The van der Waals surface area contributed by atoms with Gasteiger partial charge in [-0.25, -0.2) is 9.78 Å². The minimum absolute atomic E-state index is 0.300. The average molecular weight is 307 g/mol. The molecule has 0 spiro atoms. The fourth-order valence-electron chi connectivity index (χ4n) is 1.98. The lowest BCUT2D eigenvalue weighted by atomic mass is 10.2. The monoisotopic (exact) mass is 307 g/mol. The van der Waals surface area contributed by atoms with Crippen molar-refractivity contribution in [1.29, 1.82) is 0 Å². The maximum absolute atomic E-state index is 11.3. The molecule has 1 aromatic heterocycles. The summed E-state index contributed by atoms with van der Waals surface area (Å²) in [5.41, 5.74) is 1.42. The fraction of sp³-hybridized carbons (Fsp3) is 0.333. The van der Waals surface area contributed by atoms with Gasteiger partial charge in [0.2, 0.25) is 0 Å². The molecule has 0 aliphatic carbocycles.